The van der Waals surface area contributed by atoms with Crippen LogP contribution in [-0.2, 0) is 11.2 Å². The fourth-order valence-electron chi connectivity index (χ4n) is 1.35. The molecule has 0 radical (unpaired) electrons. The van der Waals surface area contributed by atoms with E-state index in [2.05, 4.69) is 0 Å². The summed E-state index contributed by atoms with van der Waals surface area (Å²) in [6.45, 7) is 0. The summed E-state index contributed by atoms with van der Waals surface area (Å²) in [7, 11) is 2.93. The third-order valence-corrected chi connectivity index (χ3v) is 2.18. The Morgan fingerprint density at radius 2 is 1.82 bits per heavy atom. The first-order valence-electron chi connectivity index (χ1n) is 4.72. The Morgan fingerprint density at radius 3 is 2.29 bits per heavy atom. The molecule has 0 heterocycles. The van der Waals surface area contributed by atoms with E-state index in [1.54, 1.807) is 6.07 Å². The number of aromatic hydroxyl groups is 1. The molecular formula is C11H13NaO5. The molecule has 5 nitrogen and oxygen atoms in total. The Bertz CT molecular complexity index is 392. The van der Waals surface area contributed by atoms with Crippen molar-refractivity contribution < 1.29 is 54.0 Å². The number of hydrogen-bond donors (Lipinski definition) is 1. The van der Waals surface area contributed by atoms with Crippen LogP contribution in [0.1, 0.15) is 12.0 Å². The molecular weight excluding hydrogens is 235 g/mol. The van der Waals surface area contributed by atoms with Crippen molar-refractivity contribution in [2.24, 2.45) is 0 Å². The first-order chi connectivity index (χ1) is 7.58. The van der Waals surface area contributed by atoms with E-state index in [1.165, 1.54) is 20.3 Å². The van der Waals surface area contributed by atoms with Gasteiger partial charge in [-0.3, -0.25) is 0 Å². The molecule has 1 aromatic carbocycles. The molecule has 6 heteroatoms. The Kier molecular flexibility index (Phi) is 7.03. The van der Waals surface area contributed by atoms with Gasteiger partial charge in [-0.15, -0.1) is 0 Å². The molecule has 0 amide bonds. The maximum atomic E-state index is 10.3. The molecule has 0 aliphatic rings. The topological polar surface area (TPSA) is 78.8 Å². The molecule has 0 bridgehead atoms. The van der Waals surface area contributed by atoms with Crippen LogP contribution < -0.4 is 44.1 Å². The Labute approximate surface area is 122 Å². The number of ether oxygens (including phenoxy) is 2. The molecule has 0 unspecified atom stereocenters. The fourth-order valence-corrected chi connectivity index (χ4v) is 1.35. The molecule has 0 saturated carbocycles. The summed E-state index contributed by atoms with van der Waals surface area (Å²) in [5, 5.41) is 19.9. The van der Waals surface area contributed by atoms with Crippen LogP contribution in [0.2, 0.25) is 0 Å². The Balaban J connectivity index is 0.00000256. The minimum Gasteiger partial charge on any atom is -0.550 e. The van der Waals surface area contributed by atoms with Crippen molar-refractivity contribution in [2.75, 3.05) is 14.2 Å². The van der Waals surface area contributed by atoms with Gasteiger partial charge < -0.3 is 24.5 Å². The van der Waals surface area contributed by atoms with Crippen LogP contribution in [0.3, 0.4) is 0 Å². The minimum absolute atomic E-state index is 0. The summed E-state index contributed by atoms with van der Waals surface area (Å²) in [5.74, 6) is -0.320. The second kappa shape index (κ2) is 7.42. The van der Waals surface area contributed by atoms with Gasteiger partial charge in [0, 0.05) is 12.0 Å². The third-order valence-electron chi connectivity index (χ3n) is 2.18. The largest absolute Gasteiger partial charge is 1.00 e. The summed E-state index contributed by atoms with van der Waals surface area (Å²) in [6.07, 6.45) is 0.0393. The molecule has 0 spiro atoms. The second-order valence-electron chi connectivity index (χ2n) is 3.21. The smallest absolute Gasteiger partial charge is 0.550 e. The van der Waals surface area contributed by atoms with Crippen LogP contribution in [0, 0.1) is 0 Å². The average Bonchev–Trinajstić information content (AvgIpc) is 2.26. The molecule has 17 heavy (non-hydrogen) atoms. The standard InChI is InChI=1S/C11H14O5.Na/c1-15-9-5-7(3-4-11(13)14)8(12)6-10(9)16-2;/h5-6,12H,3-4H2,1-2H3,(H,13,14);/q;+1/p-1. The first-order valence-corrected chi connectivity index (χ1v) is 4.72. The fraction of sp³-hybridized carbons (Fsp3) is 0.364. The molecule has 88 valence electrons. The number of hydrogen-bond acceptors (Lipinski definition) is 5. The summed E-state index contributed by atoms with van der Waals surface area (Å²) >= 11 is 0. The Morgan fingerprint density at radius 1 is 1.29 bits per heavy atom. The number of carbonyl (C=O) groups is 1. The predicted molar refractivity (Wildman–Crippen MR) is 54.5 cm³/mol. The van der Waals surface area contributed by atoms with E-state index >= 15 is 0 Å². The van der Waals surface area contributed by atoms with Gasteiger partial charge in [-0.1, -0.05) is 0 Å². The second-order valence-corrected chi connectivity index (χ2v) is 3.21. The van der Waals surface area contributed by atoms with Gasteiger partial charge in [0.25, 0.3) is 0 Å². The minimum atomic E-state index is -1.16. The number of carboxylic acids is 1. The molecule has 1 rings (SSSR count). The number of carboxylic acid groups (broad SMARTS) is 1. The molecule has 0 aromatic heterocycles. The molecule has 0 atom stereocenters. The van der Waals surface area contributed by atoms with Crippen molar-refractivity contribution in [3.63, 3.8) is 0 Å². The first kappa shape index (κ1) is 16.1. The van der Waals surface area contributed by atoms with E-state index in [1.807, 2.05) is 0 Å². The maximum absolute atomic E-state index is 10.3. The SMILES string of the molecule is COc1cc(O)c(CCC(=O)[O-])cc1OC.[Na+]. The summed E-state index contributed by atoms with van der Waals surface area (Å²) in [6, 6.07) is 2.94. The summed E-state index contributed by atoms with van der Waals surface area (Å²) in [5.41, 5.74) is 0.488. The Hall–Kier alpha value is -0.910. The number of rotatable bonds is 5. The van der Waals surface area contributed by atoms with E-state index in [0.717, 1.165) is 0 Å². The van der Waals surface area contributed by atoms with Gasteiger partial charge in [-0.2, -0.15) is 0 Å². The number of aryl methyl sites for hydroxylation is 1. The molecule has 0 aliphatic carbocycles. The summed E-state index contributed by atoms with van der Waals surface area (Å²) < 4.78 is 10.0. The quantitative estimate of drug-likeness (QED) is 0.565. The number of phenolic OH excluding ortho intramolecular Hbond substituents is 1. The van der Waals surface area contributed by atoms with Gasteiger partial charge in [0.2, 0.25) is 0 Å². The predicted octanol–water partition coefficient (Wildman–Crippen LogP) is -2.90. The number of methoxy groups -OCH3 is 2. The van der Waals surface area contributed by atoms with Crippen LogP contribution in [0.5, 0.6) is 17.2 Å². The molecule has 0 aliphatic heterocycles. The van der Waals surface area contributed by atoms with Gasteiger partial charge in [-0.05, 0) is 24.5 Å². The van der Waals surface area contributed by atoms with E-state index in [0.29, 0.717) is 17.1 Å². The van der Waals surface area contributed by atoms with Crippen LogP contribution in [-0.4, -0.2) is 25.3 Å². The molecule has 0 saturated heterocycles. The number of aliphatic carboxylic acids is 1. The van der Waals surface area contributed by atoms with E-state index < -0.39 is 5.97 Å². The van der Waals surface area contributed by atoms with Crippen molar-refractivity contribution in [3.05, 3.63) is 17.7 Å². The number of benzene rings is 1. The summed E-state index contributed by atoms with van der Waals surface area (Å²) in [4.78, 5) is 10.3. The average molecular weight is 248 g/mol. The van der Waals surface area contributed by atoms with Crippen molar-refractivity contribution in [2.45, 2.75) is 12.8 Å². The third kappa shape index (κ3) is 4.46. The van der Waals surface area contributed by atoms with Crippen molar-refractivity contribution in [1.82, 2.24) is 0 Å². The monoisotopic (exact) mass is 248 g/mol. The zero-order valence-electron chi connectivity index (χ0n) is 10.1. The van der Waals surface area contributed by atoms with Crippen LogP contribution in [0.15, 0.2) is 12.1 Å². The van der Waals surface area contributed by atoms with E-state index in [-0.39, 0.29) is 48.1 Å². The van der Waals surface area contributed by atoms with Crippen molar-refractivity contribution in [3.8, 4) is 17.2 Å². The molecule has 0 fully saturated rings. The number of phenols is 1. The zero-order valence-corrected chi connectivity index (χ0v) is 12.1. The van der Waals surface area contributed by atoms with Gasteiger partial charge in [0.05, 0.1) is 14.2 Å². The molecule has 1 aromatic rings. The van der Waals surface area contributed by atoms with Gasteiger partial charge in [-0.25, -0.2) is 0 Å². The van der Waals surface area contributed by atoms with Crippen molar-refractivity contribution >= 4 is 5.97 Å². The van der Waals surface area contributed by atoms with Crippen LogP contribution in [0.25, 0.3) is 0 Å². The van der Waals surface area contributed by atoms with E-state index in [9.17, 15) is 15.0 Å². The number of carbonyl (C=O) groups excluding carboxylic acids is 1. The van der Waals surface area contributed by atoms with Crippen LogP contribution >= 0.6 is 0 Å². The molecule has 1 N–H and O–H groups in total. The zero-order chi connectivity index (χ0) is 12.1. The van der Waals surface area contributed by atoms with Gasteiger partial charge >= 0.3 is 29.6 Å². The van der Waals surface area contributed by atoms with Crippen molar-refractivity contribution in [1.29, 1.82) is 0 Å². The maximum Gasteiger partial charge on any atom is 1.00 e. The normalized spacial score (nSPS) is 9.29. The van der Waals surface area contributed by atoms with Gasteiger partial charge in [0.1, 0.15) is 5.75 Å². The van der Waals surface area contributed by atoms with Crippen LogP contribution in [0.4, 0.5) is 0 Å². The van der Waals surface area contributed by atoms with E-state index in [4.69, 9.17) is 9.47 Å². The van der Waals surface area contributed by atoms with Gasteiger partial charge in [0.15, 0.2) is 11.5 Å².